The van der Waals surface area contributed by atoms with Gasteiger partial charge in [-0.1, -0.05) is 29.8 Å². The van der Waals surface area contributed by atoms with Gasteiger partial charge in [-0.3, -0.25) is 4.98 Å². The van der Waals surface area contributed by atoms with Gasteiger partial charge < -0.3 is 10.6 Å². The van der Waals surface area contributed by atoms with E-state index in [2.05, 4.69) is 46.0 Å². The van der Waals surface area contributed by atoms with Gasteiger partial charge >= 0.3 is 0 Å². The zero-order valence-corrected chi connectivity index (χ0v) is 14.4. The van der Waals surface area contributed by atoms with E-state index in [9.17, 15) is 0 Å². The monoisotopic (exact) mass is 339 g/mol. The summed E-state index contributed by atoms with van der Waals surface area (Å²) in [6.07, 6.45) is 13.4. The Labute approximate surface area is 147 Å². The molecule has 2 heterocycles. The molecule has 1 aliphatic heterocycles. The summed E-state index contributed by atoms with van der Waals surface area (Å²) in [4.78, 5) is 4.32. The van der Waals surface area contributed by atoms with Crippen LogP contribution in [0, 0.1) is 0 Å². The molecule has 2 N–H and O–H groups in total. The van der Waals surface area contributed by atoms with Gasteiger partial charge in [0.15, 0.2) is 0 Å². The Hall–Kier alpha value is -1.84. The highest BCUT2D eigenvalue weighted by atomic mass is 35.5. The van der Waals surface area contributed by atoms with Crippen LogP contribution in [-0.2, 0) is 0 Å². The van der Waals surface area contributed by atoms with Crippen molar-refractivity contribution in [2.45, 2.75) is 31.2 Å². The van der Waals surface area contributed by atoms with Gasteiger partial charge in [0.1, 0.15) is 0 Å². The standard InChI is InChI=1S/C20H22ClN3/c21-17-3-1-2-14(11-17)16-10-15-4-7-23-13-19(15)20(12-16)24-18-5-8-22-9-6-18/h1,3-4,7,10-14,18,22,24H,2,5-6,8-9H2. The lowest BCUT2D eigenvalue weighted by molar-refractivity contribution is 0.479. The van der Waals surface area contributed by atoms with Crippen molar-refractivity contribution in [3.63, 3.8) is 0 Å². The molecule has 124 valence electrons. The van der Waals surface area contributed by atoms with Crippen molar-refractivity contribution in [2.75, 3.05) is 18.4 Å². The summed E-state index contributed by atoms with van der Waals surface area (Å²) in [6, 6.07) is 7.18. The van der Waals surface area contributed by atoms with Crippen molar-refractivity contribution >= 4 is 28.1 Å². The molecule has 0 radical (unpaired) electrons. The number of anilines is 1. The van der Waals surface area contributed by atoms with E-state index in [1.165, 1.54) is 22.0 Å². The Kier molecular flexibility index (Phi) is 4.54. The molecule has 0 spiro atoms. The third-order valence-electron chi connectivity index (χ3n) is 4.93. The summed E-state index contributed by atoms with van der Waals surface area (Å²) in [5.74, 6) is 0.341. The number of fused-ring (bicyclic) bond motifs is 1. The molecule has 1 fully saturated rings. The number of allylic oxidation sites excluding steroid dienone is 4. The Morgan fingerprint density at radius 3 is 2.92 bits per heavy atom. The number of benzene rings is 1. The number of halogens is 1. The number of nitrogens with one attached hydrogen (secondary N) is 2. The van der Waals surface area contributed by atoms with Crippen LogP contribution in [-0.4, -0.2) is 24.1 Å². The van der Waals surface area contributed by atoms with Crippen molar-refractivity contribution < 1.29 is 0 Å². The van der Waals surface area contributed by atoms with E-state index in [0.717, 1.165) is 37.4 Å². The van der Waals surface area contributed by atoms with Gasteiger partial charge in [0, 0.05) is 40.5 Å². The molecule has 3 nitrogen and oxygen atoms in total. The number of piperidine rings is 1. The lowest BCUT2D eigenvalue weighted by Crippen LogP contribution is -2.35. The van der Waals surface area contributed by atoms with Crippen molar-refractivity contribution in [1.29, 1.82) is 0 Å². The van der Waals surface area contributed by atoms with Crippen molar-refractivity contribution in [2.24, 2.45) is 0 Å². The number of hydrogen-bond acceptors (Lipinski definition) is 3. The lowest BCUT2D eigenvalue weighted by atomic mass is 9.90. The Morgan fingerprint density at radius 1 is 1.21 bits per heavy atom. The first-order chi connectivity index (χ1) is 11.8. The molecule has 24 heavy (non-hydrogen) atoms. The molecule has 2 aromatic rings. The predicted molar refractivity (Wildman–Crippen MR) is 102 cm³/mol. The van der Waals surface area contributed by atoms with Gasteiger partial charge in [-0.25, -0.2) is 0 Å². The number of hydrogen-bond donors (Lipinski definition) is 2. The summed E-state index contributed by atoms with van der Waals surface area (Å²) < 4.78 is 0. The van der Waals surface area contributed by atoms with Gasteiger partial charge in [0.2, 0.25) is 0 Å². The number of rotatable bonds is 3. The first-order valence-corrected chi connectivity index (χ1v) is 9.06. The maximum Gasteiger partial charge on any atom is 0.0440 e. The molecule has 1 unspecified atom stereocenters. The molecule has 1 aromatic carbocycles. The SMILES string of the molecule is ClC1=CC(c2cc(NC3CCNCC3)c3cnccc3c2)CC=C1. The topological polar surface area (TPSA) is 37.0 Å². The normalized spacial score (nSPS) is 21.7. The minimum Gasteiger partial charge on any atom is -0.382 e. The first kappa shape index (κ1) is 15.7. The molecule has 0 bridgehead atoms. The third-order valence-corrected chi connectivity index (χ3v) is 5.18. The highest BCUT2D eigenvalue weighted by Gasteiger charge is 2.17. The maximum atomic E-state index is 6.22. The van der Waals surface area contributed by atoms with Crippen LogP contribution >= 0.6 is 11.6 Å². The second-order valence-electron chi connectivity index (χ2n) is 6.63. The third kappa shape index (κ3) is 3.33. The van der Waals surface area contributed by atoms with Gasteiger partial charge in [0.05, 0.1) is 0 Å². The number of aromatic nitrogens is 1. The average molecular weight is 340 g/mol. The lowest BCUT2D eigenvalue weighted by Gasteiger charge is -2.26. The largest absolute Gasteiger partial charge is 0.382 e. The summed E-state index contributed by atoms with van der Waals surface area (Å²) in [6.45, 7) is 2.17. The van der Waals surface area contributed by atoms with Crippen molar-refractivity contribution in [3.05, 3.63) is 59.4 Å². The summed E-state index contributed by atoms with van der Waals surface area (Å²) >= 11 is 6.22. The zero-order chi connectivity index (χ0) is 16.4. The van der Waals surface area contributed by atoms with Crippen LogP contribution in [0.4, 0.5) is 5.69 Å². The van der Waals surface area contributed by atoms with E-state index >= 15 is 0 Å². The molecule has 0 amide bonds. The predicted octanol–water partition coefficient (Wildman–Crippen LogP) is 4.56. The maximum absolute atomic E-state index is 6.22. The summed E-state index contributed by atoms with van der Waals surface area (Å²) in [5.41, 5.74) is 2.51. The van der Waals surface area contributed by atoms with Crippen LogP contribution in [0.1, 0.15) is 30.7 Å². The van der Waals surface area contributed by atoms with Gasteiger partial charge in [-0.05, 0) is 61.5 Å². The van der Waals surface area contributed by atoms with Gasteiger partial charge in [-0.15, -0.1) is 0 Å². The minimum atomic E-state index is 0.341. The number of pyridine rings is 1. The minimum absolute atomic E-state index is 0.341. The fourth-order valence-corrected chi connectivity index (χ4v) is 3.86. The zero-order valence-electron chi connectivity index (χ0n) is 13.6. The highest BCUT2D eigenvalue weighted by Crippen LogP contribution is 2.34. The molecule has 2 aliphatic rings. The van der Waals surface area contributed by atoms with Crippen LogP contribution in [0.5, 0.6) is 0 Å². The fraction of sp³-hybridized carbons (Fsp3) is 0.350. The first-order valence-electron chi connectivity index (χ1n) is 8.68. The molecular formula is C20H22ClN3. The van der Waals surface area contributed by atoms with Crippen LogP contribution < -0.4 is 10.6 Å². The van der Waals surface area contributed by atoms with Crippen LogP contribution in [0.2, 0.25) is 0 Å². The molecule has 0 saturated carbocycles. The second-order valence-corrected chi connectivity index (χ2v) is 7.07. The highest BCUT2D eigenvalue weighted by molar-refractivity contribution is 6.31. The molecule has 1 aromatic heterocycles. The quantitative estimate of drug-likeness (QED) is 0.860. The Balaban J connectivity index is 1.72. The van der Waals surface area contributed by atoms with E-state index in [0.29, 0.717) is 12.0 Å². The van der Waals surface area contributed by atoms with Crippen molar-refractivity contribution in [1.82, 2.24) is 10.3 Å². The van der Waals surface area contributed by atoms with E-state index in [1.54, 1.807) is 0 Å². The summed E-state index contributed by atoms with van der Waals surface area (Å²) in [5, 5.41) is 10.4. The smallest absolute Gasteiger partial charge is 0.0440 e. The molecule has 1 aliphatic carbocycles. The molecule has 1 atom stereocenters. The Bertz CT molecular complexity index is 791. The van der Waals surface area contributed by atoms with E-state index in [-0.39, 0.29) is 0 Å². The van der Waals surface area contributed by atoms with Gasteiger partial charge in [-0.2, -0.15) is 0 Å². The molecule has 4 heteroatoms. The second kappa shape index (κ2) is 6.96. The van der Waals surface area contributed by atoms with Gasteiger partial charge in [0.25, 0.3) is 0 Å². The van der Waals surface area contributed by atoms with Crippen molar-refractivity contribution in [3.8, 4) is 0 Å². The van der Waals surface area contributed by atoms with E-state index in [4.69, 9.17) is 11.6 Å². The van der Waals surface area contributed by atoms with Crippen LogP contribution in [0.15, 0.2) is 53.9 Å². The van der Waals surface area contributed by atoms with E-state index in [1.807, 2.05) is 18.5 Å². The fourth-order valence-electron chi connectivity index (χ4n) is 3.62. The van der Waals surface area contributed by atoms with Crippen LogP contribution in [0.3, 0.4) is 0 Å². The van der Waals surface area contributed by atoms with Crippen LogP contribution in [0.25, 0.3) is 10.8 Å². The number of nitrogens with zero attached hydrogens (tertiary/aromatic N) is 1. The average Bonchev–Trinajstić information content (AvgIpc) is 2.62. The molecular weight excluding hydrogens is 318 g/mol. The Morgan fingerprint density at radius 2 is 2.08 bits per heavy atom. The molecule has 1 saturated heterocycles. The van der Waals surface area contributed by atoms with E-state index < -0.39 is 0 Å². The molecule has 4 rings (SSSR count). The summed E-state index contributed by atoms with van der Waals surface area (Å²) in [7, 11) is 0.